The van der Waals surface area contributed by atoms with Crippen LogP contribution >= 0.6 is 11.8 Å². The summed E-state index contributed by atoms with van der Waals surface area (Å²) in [4.78, 5) is 13.4. The number of urea groups is 1. The van der Waals surface area contributed by atoms with Gasteiger partial charge in [0.25, 0.3) is 0 Å². The molecule has 0 aromatic rings. The lowest BCUT2D eigenvalue weighted by molar-refractivity contribution is 0.155. The van der Waals surface area contributed by atoms with Crippen LogP contribution in [0.3, 0.4) is 0 Å². The molecule has 4 nitrogen and oxygen atoms in total. The van der Waals surface area contributed by atoms with E-state index in [1.165, 1.54) is 6.42 Å². The van der Waals surface area contributed by atoms with Gasteiger partial charge in [-0.1, -0.05) is 6.92 Å². The van der Waals surface area contributed by atoms with Crippen LogP contribution in [0.1, 0.15) is 33.1 Å². The number of hydrogen-bond acceptors (Lipinski definition) is 3. The summed E-state index contributed by atoms with van der Waals surface area (Å²) in [5.41, 5.74) is 0. The third kappa shape index (κ3) is 4.39. The Hall–Kier alpha value is -0.420. The molecule has 0 saturated heterocycles. The highest BCUT2D eigenvalue weighted by atomic mass is 32.2. The molecule has 1 fully saturated rings. The zero-order valence-corrected chi connectivity index (χ0v) is 11.8. The molecule has 0 radical (unpaired) electrons. The Balaban J connectivity index is 2.32. The van der Waals surface area contributed by atoms with Gasteiger partial charge in [-0.05, 0) is 31.9 Å². The van der Waals surface area contributed by atoms with Crippen molar-refractivity contribution in [3.05, 3.63) is 0 Å². The minimum atomic E-state index is -0.128. The van der Waals surface area contributed by atoms with Gasteiger partial charge in [-0.2, -0.15) is 11.8 Å². The molecule has 1 aliphatic rings. The summed E-state index contributed by atoms with van der Waals surface area (Å²) in [7, 11) is 1.73. The predicted molar refractivity (Wildman–Crippen MR) is 72.4 cm³/mol. The van der Waals surface area contributed by atoms with Crippen molar-refractivity contribution in [2.24, 2.45) is 0 Å². The lowest BCUT2D eigenvalue weighted by atomic mass is 10.2. The molecule has 0 aliphatic heterocycles. The van der Waals surface area contributed by atoms with Crippen LogP contribution in [0.5, 0.6) is 0 Å². The Kier molecular flexibility index (Phi) is 6.12. The first-order chi connectivity index (χ1) is 8.08. The zero-order chi connectivity index (χ0) is 12.8. The highest BCUT2D eigenvalue weighted by Crippen LogP contribution is 2.29. The summed E-state index contributed by atoms with van der Waals surface area (Å²) in [6, 6.07) is 0.107. The average Bonchev–Trinajstić information content (AvgIpc) is 2.75. The summed E-state index contributed by atoms with van der Waals surface area (Å²) in [6.45, 7) is 4.01. The molecular weight excluding hydrogens is 236 g/mol. The zero-order valence-electron chi connectivity index (χ0n) is 11.0. The van der Waals surface area contributed by atoms with Crippen molar-refractivity contribution in [1.29, 1.82) is 0 Å². The van der Waals surface area contributed by atoms with Crippen molar-refractivity contribution < 1.29 is 9.90 Å². The number of thioether (sulfide) groups is 1. The maximum Gasteiger partial charge on any atom is 0.317 e. The molecule has 2 amide bonds. The smallest absolute Gasteiger partial charge is 0.317 e. The minimum Gasteiger partial charge on any atom is -0.394 e. The van der Waals surface area contributed by atoms with E-state index in [2.05, 4.69) is 12.2 Å². The third-order valence-corrected chi connectivity index (χ3v) is 4.59. The second-order valence-corrected chi connectivity index (χ2v) is 6.26. The topological polar surface area (TPSA) is 52.6 Å². The van der Waals surface area contributed by atoms with Gasteiger partial charge in [0.15, 0.2) is 0 Å². The highest BCUT2D eigenvalue weighted by Gasteiger charge is 2.27. The number of nitrogens with one attached hydrogen (secondary N) is 1. The monoisotopic (exact) mass is 260 g/mol. The molecule has 0 aromatic carbocycles. The Morgan fingerprint density at radius 2 is 2.29 bits per heavy atom. The van der Waals surface area contributed by atoms with Crippen LogP contribution < -0.4 is 5.32 Å². The largest absolute Gasteiger partial charge is 0.394 e. The fourth-order valence-electron chi connectivity index (χ4n) is 2.06. The molecule has 17 heavy (non-hydrogen) atoms. The van der Waals surface area contributed by atoms with Crippen LogP contribution in [0, 0.1) is 0 Å². The first-order valence-corrected chi connectivity index (χ1v) is 7.39. The van der Waals surface area contributed by atoms with E-state index in [9.17, 15) is 4.79 Å². The number of nitrogens with zero attached hydrogens (tertiary/aromatic N) is 1. The van der Waals surface area contributed by atoms with Gasteiger partial charge in [0.2, 0.25) is 0 Å². The second kappa shape index (κ2) is 7.11. The molecule has 0 aromatic heterocycles. The van der Waals surface area contributed by atoms with E-state index in [1.54, 1.807) is 11.9 Å². The van der Waals surface area contributed by atoms with Crippen molar-refractivity contribution in [1.82, 2.24) is 10.2 Å². The van der Waals surface area contributed by atoms with Gasteiger partial charge in [0, 0.05) is 18.3 Å². The van der Waals surface area contributed by atoms with Gasteiger partial charge >= 0.3 is 6.03 Å². The Bertz CT molecular complexity index is 251. The summed E-state index contributed by atoms with van der Waals surface area (Å²) >= 11 is 1.98. The molecule has 0 bridgehead atoms. The van der Waals surface area contributed by atoms with Gasteiger partial charge in [-0.25, -0.2) is 4.79 Å². The van der Waals surface area contributed by atoms with Crippen LogP contribution in [0.25, 0.3) is 0 Å². The van der Waals surface area contributed by atoms with Crippen molar-refractivity contribution in [2.75, 3.05) is 19.4 Å². The summed E-state index contributed by atoms with van der Waals surface area (Å²) in [6.07, 6.45) is 3.35. The Labute approximate surface area is 108 Å². The molecule has 1 saturated carbocycles. The Morgan fingerprint density at radius 3 is 2.88 bits per heavy atom. The van der Waals surface area contributed by atoms with Crippen molar-refractivity contribution >= 4 is 17.8 Å². The van der Waals surface area contributed by atoms with Gasteiger partial charge in [-0.3, -0.25) is 0 Å². The normalized spacial score (nSPS) is 25.6. The average molecular weight is 260 g/mol. The number of carbonyl (C=O) groups excluding carboxylic acids is 1. The summed E-state index contributed by atoms with van der Waals surface area (Å²) in [5, 5.41) is 12.7. The minimum absolute atomic E-state index is 0.00288. The maximum absolute atomic E-state index is 11.9. The van der Waals surface area contributed by atoms with Gasteiger partial charge in [0.05, 0.1) is 12.6 Å². The lowest BCUT2D eigenvalue weighted by Gasteiger charge is -2.25. The van der Waals surface area contributed by atoms with E-state index in [0.29, 0.717) is 11.3 Å². The second-order valence-electron chi connectivity index (χ2n) is 4.68. The van der Waals surface area contributed by atoms with E-state index in [1.807, 2.05) is 18.7 Å². The number of aliphatic hydroxyl groups excluding tert-OH is 1. The van der Waals surface area contributed by atoms with E-state index in [0.717, 1.165) is 18.6 Å². The standard InChI is InChI=1S/C12H24N2O2S/c1-4-17-11-6-5-10(7-11)13-12(16)14(3)9(2)8-15/h9-11,15H,4-8H2,1-3H3,(H,13,16). The predicted octanol–water partition coefficient (Wildman–Crippen LogP) is 1.68. The van der Waals surface area contributed by atoms with Crippen LogP contribution in [0.4, 0.5) is 4.79 Å². The molecule has 100 valence electrons. The fourth-order valence-corrected chi connectivity index (χ4v) is 3.20. The van der Waals surface area contributed by atoms with Gasteiger partial charge < -0.3 is 15.3 Å². The molecule has 0 heterocycles. The van der Waals surface area contributed by atoms with E-state index < -0.39 is 0 Å². The molecule has 1 rings (SSSR count). The van der Waals surface area contributed by atoms with Crippen molar-refractivity contribution in [3.63, 3.8) is 0 Å². The molecule has 5 heteroatoms. The molecule has 2 N–H and O–H groups in total. The van der Waals surface area contributed by atoms with Crippen LogP contribution in [0.2, 0.25) is 0 Å². The molecule has 1 aliphatic carbocycles. The number of aliphatic hydroxyl groups is 1. The van der Waals surface area contributed by atoms with Crippen molar-refractivity contribution in [2.45, 2.75) is 50.4 Å². The van der Waals surface area contributed by atoms with E-state index in [4.69, 9.17) is 5.11 Å². The number of carbonyl (C=O) groups is 1. The number of likely N-dealkylation sites (N-methyl/N-ethyl adjacent to an activating group) is 1. The quantitative estimate of drug-likeness (QED) is 0.791. The lowest BCUT2D eigenvalue weighted by Crippen LogP contribution is -2.47. The summed E-state index contributed by atoms with van der Waals surface area (Å²) < 4.78 is 0. The fraction of sp³-hybridized carbons (Fsp3) is 0.917. The number of hydrogen-bond donors (Lipinski definition) is 2. The Morgan fingerprint density at radius 1 is 1.59 bits per heavy atom. The highest BCUT2D eigenvalue weighted by molar-refractivity contribution is 7.99. The van der Waals surface area contributed by atoms with Gasteiger partial charge in [0.1, 0.15) is 0 Å². The first-order valence-electron chi connectivity index (χ1n) is 6.34. The first kappa shape index (κ1) is 14.6. The summed E-state index contributed by atoms with van der Waals surface area (Å²) in [5.74, 6) is 1.15. The molecule has 0 spiro atoms. The van der Waals surface area contributed by atoms with Crippen LogP contribution in [0.15, 0.2) is 0 Å². The van der Waals surface area contributed by atoms with E-state index in [-0.39, 0.29) is 18.7 Å². The molecule has 3 atom stereocenters. The molecule has 3 unspecified atom stereocenters. The van der Waals surface area contributed by atoms with Crippen molar-refractivity contribution in [3.8, 4) is 0 Å². The third-order valence-electron chi connectivity index (χ3n) is 3.36. The maximum atomic E-state index is 11.9. The van der Waals surface area contributed by atoms with Crippen LogP contribution in [-0.2, 0) is 0 Å². The SMILES string of the molecule is CCSC1CCC(NC(=O)N(C)C(C)CO)C1. The van der Waals surface area contributed by atoms with Crippen LogP contribution in [-0.4, -0.2) is 52.8 Å². The number of amides is 2. The van der Waals surface area contributed by atoms with Gasteiger partial charge in [-0.15, -0.1) is 0 Å². The molecular formula is C12H24N2O2S. The van der Waals surface area contributed by atoms with E-state index >= 15 is 0 Å². The number of rotatable bonds is 5.